The first kappa shape index (κ1) is 18.0. The number of imidazole rings is 1. The monoisotopic (exact) mass is 388 g/mol. The van der Waals surface area contributed by atoms with Crippen molar-refractivity contribution in [2.75, 3.05) is 11.1 Å². The van der Waals surface area contributed by atoms with E-state index in [0.29, 0.717) is 15.9 Å². The average Bonchev–Trinajstić information content (AvgIpc) is 3.10. The number of nitro benzene ring substituents is 1. The first-order chi connectivity index (χ1) is 12.5. The number of amides is 1. The number of benzene rings is 2. The second kappa shape index (κ2) is 8.03. The maximum atomic E-state index is 12.0. The zero-order chi connectivity index (χ0) is 18.5. The van der Waals surface area contributed by atoms with Crippen molar-refractivity contribution in [2.45, 2.75) is 5.16 Å². The number of thioether (sulfide) groups is 1. The molecule has 3 aromatic rings. The fourth-order valence-electron chi connectivity index (χ4n) is 2.18. The van der Waals surface area contributed by atoms with Crippen LogP contribution in [-0.4, -0.2) is 26.6 Å². The molecule has 0 fully saturated rings. The van der Waals surface area contributed by atoms with Crippen molar-refractivity contribution in [1.82, 2.24) is 9.97 Å². The van der Waals surface area contributed by atoms with Crippen molar-refractivity contribution in [3.8, 4) is 11.3 Å². The van der Waals surface area contributed by atoms with Gasteiger partial charge in [0, 0.05) is 22.8 Å². The Labute approximate surface area is 157 Å². The van der Waals surface area contributed by atoms with Crippen LogP contribution in [0, 0.1) is 10.1 Å². The molecule has 1 aromatic heterocycles. The summed E-state index contributed by atoms with van der Waals surface area (Å²) in [4.78, 5) is 29.6. The standard InChI is InChI=1S/C17H13ClN4O3S/c18-12-6-4-11(5-7-12)15-9-19-17(21-15)26-10-16(23)20-13-2-1-3-14(8-13)22(24)25/h1-9H,10H2,(H,19,21)(H,20,23). The number of non-ortho nitro benzene ring substituents is 1. The van der Waals surface area contributed by atoms with Crippen molar-refractivity contribution < 1.29 is 9.72 Å². The summed E-state index contributed by atoms with van der Waals surface area (Å²) in [6.07, 6.45) is 1.68. The van der Waals surface area contributed by atoms with Gasteiger partial charge in [-0.2, -0.15) is 0 Å². The number of anilines is 1. The number of nitro groups is 1. The summed E-state index contributed by atoms with van der Waals surface area (Å²) >= 11 is 7.11. The van der Waals surface area contributed by atoms with Crippen LogP contribution >= 0.6 is 23.4 Å². The number of nitrogens with zero attached hydrogens (tertiary/aromatic N) is 2. The number of nitrogens with one attached hydrogen (secondary N) is 2. The predicted octanol–water partition coefficient (Wildman–Crippen LogP) is 4.37. The van der Waals surface area contributed by atoms with Crippen LogP contribution in [-0.2, 0) is 4.79 Å². The first-order valence-corrected chi connectivity index (χ1v) is 8.85. The molecule has 26 heavy (non-hydrogen) atoms. The number of aromatic nitrogens is 2. The van der Waals surface area contributed by atoms with E-state index >= 15 is 0 Å². The smallest absolute Gasteiger partial charge is 0.271 e. The van der Waals surface area contributed by atoms with E-state index in [1.807, 2.05) is 12.1 Å². The molecule has 132 valence electrons. The van der Waals surface area contributed by atoms with E-state index in [9.17, 15) is 14.9 Å². The summed E-state index contributed by atoms with van der Waals surface area (Å²) in [5.74, 6) is -0.157. The Morgan fingerprint density at radius 2 is 2.04 bits per heavy atom. The van der Waals surface area contributed by atoms with Gasteiger partial charge in [-0.05, 0) is 23.8 Å². The van der Waals surface area contributed by atoms with Gasteiger partial charge in [0.2, 0.25) is 5.91 Å². The molecule has 9 heteroatoms. The number of carbonyl (C=O) groups is 1. The first-order valence-electron chi connectivity index (χ1n) is 7.49. The Bertz CT molecular complexity index is 943. The molecular formula is C17H13ClN4O3S. The van der Waals surface area contributed by atoms with Crippen molar-refractivity contribution in [3.05, 3.63) is 69.9 Å². The summed E-state index contributed by atoms with van der Waals surface area (Å²) in [5, 5.41) is 14.6. The molecule has 1 amide bonds. The van der Waals surface area contributed by atoms with Crippen molar-refractivity contribution >= 4 is 40.6 Å². The normalized spacial score (nSPS) is 10.5. The summed E-state index contributed by atoms with van der Waals surface area (Å²) in [5.41, 5.74) is 2.07. The molecule has 7 nitrogen and oxygen atoms in total. The van der Waals surface area contributed by atoms with Gasteiger partial charge in [-0.3, -0.25) is 14.9 Å². The maximum absolute atomic E-state index is 12.0. The lowest BCUT2D eigenvalue weighted by Crippen LogP contribution is -2.14. The third-order valence-electron chi connectivity index (χ3n) is 3.39. The average molecular weight is 389 g/mol. The molecule has 0 spiro atoms. The fraction of sp³-hybridized carbons (Fsp3) is 0.0588. The van der Waals surface area contributed by atoms with E-state index in [4.69, 9.17) is 11.6 Å². The second-order valence-corrected chi connectivity index (χ2v) is 6.65. The van der Waals surface area contributed by atoms with Crippen molar-refractivity contribution in [2.24, 2.45) is 0 Å². The number of halogens is 1. The fourth-order valence-corrected chi connectivity index (χ4v) is 2.96. The van der Waals surface area contributed by atoms with Crippen LogP contribution in [0.15, 0.2) is 59.9 Å². The summed E-state index contributed by atoms with van der Waals surface area (Å²) in [6.45, 7) is 0. The Kier molecular flexibility index (Phi) is 5.55. The zero-order valence-corrected chi connectivity index (χ0v) is 14.9. The molecule has 2 N–H and O–H groups in total. The lowest BCUT2D eigenvalue weighted by Gasteiger charge is -2.04. The van der Waals surface area contributed by atoms with Gasteiger partial charge in [-0.1, -0.05) is 41.6 Å². The third-order valence-corrected chi connectivity index (χ3v) is 4.53. The van der Waals surface area contributed by atoms with Gasteiger partial charge in [0.05, 0.1) is 22.6 Å². The van der Waals surface area contributed by atoms with Crippen LogP contribution in [0.3, 0.4) is 0 Å². The van der Waals surface area contributed by atoms with Gasteiger partial charge in [0.25, 0.3) is 5.69 Å². The minimum absolute atomic E-state index is 0.0749. The van der Waals surface area contributed by atoms with Gasteiger partial charge in [0.1, 0.15) is 0 Å². The highest BCUT2D eigenvalue weighted by molar-refractivity contribution is 7.99. The minimum Gasteiger partial charge on any atom is -0.333 e. The van der Waals surface area contributed by atoms with Crippen LogP contribution in [0.4, 0.5) is 11.4 Å². The van der Waals surface area contributed by atoms with Crippen molar-refractivity contribution in [1.29, 1.82) is 0 Å². The number of aromatic amines is 1. The Morgan fingerprint density at radius 3 is 2.77 bits per heavy atom. The molecule has 0 radical (unpaired) electrons. The molecule has 2 aromatic carbocycles. The van der Waals surface area contributed by atoms with Crippen LogP contribution < -0.4 is 5.32 Å². The van der Waals surface area contributed by atoms with E-state index in [1.54, 1.807) is 24.4 Å². The van der Waals surface area contributed by atoms with Gasteiger partial charge < -0.3 is 10.3 Å². The van der Waals surface area contributed by atoms with Crippen molar-refractivity contribution in [3.63, 3.8) is 0 Å². The molecule has 0 atom stereocenters. The number of carbonyl (C=O) groups excluding carboxylic acids is 1. The molecule has 0 saturated carbocycles. The number of hydrogen-bond donors (Lipinski definition) is 2. The SMILES string of the molecule is O=C(CSc1ncc(-c2ccc(Cl)cc2)[nH]1)Nc1cccc([N+](=O)[O-])c1. The van der Waals surface area contributed by atoms with Gasteiger partial charge in [-0.15, -0.1) is 0 Å². The predicted molar refractivity (Wildman–Crippen MR) is 101 cm³/mol. The largest absolute Gasteiger partial charge is 0.333 e. The Balaban J connectivity index is 1.57. The van der Waals surface area contributed by atoms with E-state index < -0.39 is 4.92 Å². The van der Waals surface area contributed by atoms with Crippen LogP contribution in [0.5, 0.6) is 0 Å². The van der Waals surface area contributed by atoms with Crippen LogP contribution in [0.2, 0.25) is 5.02 Å². The summed E-state index contributed by atoms with van der Waals surface area (Å²) in [7, 11) is 0. The summed E-state index contributed by atoms with van der Waals surface area (Å²) < 4.78 is 0. The van der Waals surface area contributed by atoms with E-state index in [2.05, 4.69) is 15.3 Å². The molecule has 1 heterocycles. The zero-order valence-electron chi connectivity index (χ0n) is 13.3. The lowest BCUT2D eigenvalue weighted by atomic mass is 10.2. The summed E-state index contributed by atoms with van der Waals surface area (Å²) in [6, 6.07) is 13.1. The highest BCUT2D eigenvalue weighted by Gasteiger charge is 2.10. The van der Waals surface area contributed by atoms with Crippen LogP contribution in [0.25, 0.3) is 11.3 Å². The minimum atomic E-state index is -0.508. The Morgan fingerprint density at radius 1 is 1.27 bits per heavy atom. The topological polar surface area (TPSA) is 101 Å². The molecule has 0 aliphatic carbocycles. The van der Waals surface area contributed by atoms with Crippen LogP contribution in [0.1, 0.15) is 0 Å². The third kappa shape index (κ3) is 4.62. The molecule has 0 unspecified atom stereocenters. The second-order valence-electron chi connectivity index (χ2n) is 5.25. The highest BCUT2D eigenvalue weighted by Crippen LogP contribution is 2.23. The lowest BCUT2D eigenvalue weighted by molar-refractivity contribution is -0.384. The molecular weight excluding hydrogens is 376 g/mol. The Hall–Kier alpha value is -2.84. The molecule has 0 saturated heterocycles. The molecule has 0 aliphatic heterocycles. The highest BCUT2D eigenvalue weighted by atomic mass is 35.5. The van der Waals surface area contributed by atoms with E-state index in [0.717, 1.165) is 11.3 Å². The molecule has 0 aliphatic rings. The molecule has 3 rings (SSSR count). The van der Waals surface area contributed by atoms with E-state index in [1.165, 1.54) is 30.0 Å². The quantitative estimate of drug-likeness (QED) is 0.371. The number of H-pyrrole nitrogens is 1. The van der Waals surface area contributed by atoms with Gasteiger partial charge in [0.15, 0.2) is 5.16 Å². The van der Waals surface area contributed by atoms with E-state index in [-0.39, 0.29) is 17.3 Å². The number of rotatable bonds is 6. The molecule has 0 bridgehead atoms. The number of hydrogen-bond acceptors (Lipinski definition) is 5. The van der Waals surface area contributed by atoms with Gasteiger partial charge in [-0.25, -0.2) is 4.98 Å². The maximum Gasteiger partial charge on any atom is 0.271 e. The van der Waals surface area contributed by atoms with Gasteiger partial charge >= 0.3 is 0 Å².